The lowest BCUT2D eigenvalue weighted by Gasteiger charge is -2.19. The summed E-state index contributed by atoms with van der Waals surface area (Å²) in [7, 11) is 1.63. The average molecular weight is 422 g/mol. The second-order valence-electron chi connectivity index (χ2n) is 7.10. The summed E-state index contributed by atoms with van der Waals surface area (Å²) >= 11 is 0. The Labute approximate surface area is 181 Å². The van der Waals surface area contributed by atoms with Crippen LogP contribution in [0.4, 0.5) is 5.69 Å². The molecular weight excluding hydrogens is 396 g/mol. The summed E-state index contributed by atoms with van der Waals surface area (Å²) in [5.74, 6) is 2.98. The number of fused-ring (bicyclic) bond motifs is 2. The van der Waals surface area contributed by atoms with Crippen LogP contribution < -0.4 is 24.3 Å². The van der Waals surface area contributed by atoms with Crippen LogP contribution in [0.5, 0.6) is 23.0 Å². The molecule has 3 aromatic rings. The van der Waals surface area contributed by atoms with Crippen molar-refractivity contribution < 1.29 is 24.1 Å². The molecule has 0 bridgehead atoms. The number of methoxy groups -OCH3 is 1. The summed E-state index contributed by atoms with van der Waals surface area (Å²) in [6.07, 6.45) is 5.54. The smallest absolute Gasteiger partial charge is 0.163 e. The van der Waals surface area contributed by atoms with Gasteiger partial charge in [0, 0.05) is 29.9 Å². The minimum absolute atomic E-state index is 0.401. The number of hydrogen-bond donors (Lipinski definition) is 2. The van der Waals surface area contributed by atoms with E-state index in [9.17, 15) is 5.11 Å². The Balaban J connectivity index is 1.23. The van der Waals surface area contributed by atoms with Crippen LogP contribution in [0.1, 0.15) is 6.42 Å². The predicted octanol–water partition coefficient (Wildman–Crippen LogP) is 3.81. The van der Waals surface area contributed by atoms with Crippen LogP contribution >= 0.6 is 0 Å². The molecule has 7 heteroatoms. The van der Waals surface area contributed by atoms with Crippen LogP contribution in [0.25, 0.3) is 10.9 Å². The second kappa shape index (κ2) is 10.0. The van der Waals surface area contributed by atoms with E-state index in [1.807, 2.05) is 54.6 Å². The Morgan fingerprint density at radius 1 is 1.10 bits per heavy atom. The third-order valence-corrected chi connectivity index (χ3v) is 4.90. The summed E-state index contributed by atoms with van der Waals surface area (Å²) in [6, 6.07) is 13.2. The number of aromatic nitrogens is 1. The number of anilines is 1. The van der Waals surface area contributed by atoms with E-state index < -0.39 is 6.10 Å². The lowest BCUT2D eigenvalue weighted by molar-refractivity contribution is 0.171. The highest BCUT2D eigenvalue weighted by Gasteiger charge is 2.12. The SMILES string of the molecule is COc1ccc2nccc(OC/C=C/C[C@@H](O)CNc3ccc4c(c3)OCCO4)c2c1. The molecule has 0 fully saturated rings. The van der Waals surface area contributed by atoms with Gasteiger partial charge < -0.3 is 29.4 Å². The molecule has 2 aromatic carbocycles. The molecule has 31 heavy (non-hydrogen) atoms. The van der Waals surface area contributed by atoms with E-state index >= 15 is 0 Å². The molecule has 0 saturated carbocycles. The fourth-order valence-corrected chi connectivity index (χ4v) is 3.28. The summed E-state index contributed by atoms with van der Waals surface area (Å²) in [4.78, 5) is 4.35. The van der Waals surface area contributed by atoms with Crippen LogP contribution in [0.2, 0.25) is 0 Å². The standard InChI is InChI=1S/C24H26N2O5/c1-28-19-6-7-21-20(15-19)22(9-10-25-21)29-11-3-2-4-18(27)16-26-17-5-8-23-24(14-17)31-13-12-30-23/h2-3,5-10,14-15,18,26-27H,4,11-13,16H2,1H3/b3-2+/t18-/m1/s1. The number of benzene rings is 2. The summed E-state index contributed by atoms with van der Waals surface area (Å²) in [5.41, 5.74) is 1.73. The maximum Gasteiger partial charge on any atom is 0.163 e. The highest BCUT2D eigenvalue weighted by molar-refractivity contribution is 5.86. The van der Waals surface area contributed by atoms with Crippen molar-refractivity contribution in [3.05, 3.63) is 60.8 Å². The lowest BCUT2D eigenvalue weighted by atomic mass is 10.2. The molecule has 0 spiro atoms. The summed E-state index contributed by atoms with van der Waals surface area (Å²) in [6.45, 7) is 1.95. The maximum atomic E-state index is 10.2. The molecule has 1 aromatic heterocycles. The van der Waals surface area contributed by atoms with Crippen LogP contribution in [0.15, 0.2) is 60.8 Å². The second-order valence-corrected chi connectivity index (χ2v) is 7.10. The molecule has 7 nitrogen and oxygen atoms in total. The number of pyridine rings is 1. The average Bonchev–Trinajstić information content (AvgIpc) is 2.82. The van der Waals surface area contributed by atoms with Crippen LogP contribution in [-0.2, 0) is 0 Å². The number of hydrogen-bond acceptors (Lipinski definition) is 7. The monoisotopic (exact) mass is 422 g/mol. The number of nitrogens with one attached hydrogen (secondary N) is 1. The van der Waals surface area contributed by atoms with Crippen molar-refractivity contribution in [2.24, 2.45) is 0 Å². The van der Waals surface area contributed by atoms with Crippen molar-refractivity contribution in [2.45, 2.75) is 12.5 Å². The molecule has 1 aliphatic rings. The highest BCUT2D eigenvalue weighted by atomic mass is 16.6. The molecule has 4 rings (SSSR count). The predicted molar refractivity (Wildman–Crippen MR) is 119 cm³/mol. The van der Waals surface area contributed by atoms with Gasteiger partial charge in [-0.3, -0.25) is 4.98 Å². The molecule has 0 unspecified atom stereocenters. The van der Waals surface area contributed by atoms with Gasteiger partial charge in [-0.1, -0.05) is 12.2 Å². The first-order valence-electron chi connectivity index (χ1n) is 10.2. The highest BCUT2D eigenvalue weighted by Crippen LogP contribution is 2.32. The van der Waals surface area contributed by atoms with Crippen LogP contribution in [0.3, 0.4) is 0 Å². The molecule has 0 aliphatic carbocycles. The minimum Gasteiger partial charge on any atom is -0.497 e. The van der Waals surface area contributed by atoms with Crippen molar-refractivity contribution in [3.63, 3.8) is 0 Å². The fraction of sp³-hybridized carbons (Fsp3) is 0.292. The van der Waals surface area contributed by atoms with Gasteiger partial charge in [0.2, 0.25) is 0 Å². The number of aliphatic hydroxyl groups excluding tert-OH is 1. The van der Waals surface area contributed by atoms with E-state index in [1.165, 1.54) is 0 Å². The van der Waals surface area contributed by atoms with Crippen molar-refractivity contribution in [1.29, 1.82) is 0 Å². The molecule has 0 saturated heterocycles. The lowest BCUT2D eigenvalue weighted by Crippen LogP contribution is -2.19. The Kier molecular flexibility index (Phi) is 6.74. The van der Waals surface area contributed by atoms with Gasteiger partial charge in [-0.05, 0) is 42.8 Å². The summed E-state index contributed by atoms with van der Waals surface area (Å²) < 4.78 is 22.3. The van der Waals surface area contributed by atoms with E-state index in [2.05, 4.69) is 10.3 Å². The van der Waals surface area contributed by atoms with E-state index in [1.54, 1.807) is 13.3 Å². The van der Waals surface area contributed by atoms with E-state index in [0.29, 0.717) is 32.8 Å². The first-order valence-corrected chi connectivity index (χ1v) is 10.2. The Morgan fingerprint density at radius 2 is 1.97 bits per heavy atom. The molecule has 0 radical (unpaired) electrons. The van der Waals surface area contributed by atoms with Crippen molar-refractivity contribution in [2.75, 3.05) is 38.8 Å². The van der Waals surface area contributed by atoms with Crippen molar-refractivity contribution >= 4 is 16.6 Å². The molecule has 0 amide bonds. The Hall–Kier alpha value is -3.45. The van der Waals surface area contributed by atoms with Gasteiger partial charge in [-0.25, -0.2) is 0 Å². The first kappa shape index (κ1) is 20.8. The normalized spacial score (nSPS) is 13.9. The van der Waals surface area contributed by atoms with Gasteiger partial charge in [-0.15, -0.1) is 0 Å². The van der Waals surface area contributed by atoms with Crippen molar-refractivity contribution in [3.8, 4) is 23.0 Å². The van der Waals surface area contributed by atoms with E-state index in [0.717, 1.165) is 39.6 Å². The zero-order valence-corrected chi connectivity index (χ0v) is 17.4. The number of nitrogens with zero attached hydrogens (tertiary/aromatic N) is 1. The number of rotatable bonds is 9. The third kappa shape index (κ3) is 5.38. The molecule has 162 valence electrons. The molecule has 1 atom stereocenters. The third-order valence-electron chi connectivity index (χ3n) is 4.90. The van der Waals surface area contributed by atoms with Gasteiger partial charge in [0.25, 0.3) is 0 Å². The molecule has 1 aliphatic heterocycles. The van der Waals surface area contributed by atoms with Crippen LogP contribution in [0, 0.1) is 0 Å². The number of ether oxygens (including phenoxy) is 4. The van der Waals surface area contributed by atoms with Crippen molar-refractivity contribution in [1.82, 2.24) is 4.98 Å². The zero-order chi connectivity index (χ0) is 21.5. The first-order chi connectivity index (χ1) is 15.2. The Bertz CT molecular complexity index is 1050. The molecular formula is C24H26N2O5. The van der Waals surface area contributed by atoms with Gasteiger partial charge in [-0.2, -0.15) is 0 Å². The summed E-state index contributed by atoms with van der Waals surface area (Å²) in [5, 5.41) is 14.4. The zero-order valence-electron chi connectivity index (χ0n) is 17.4. The number of aliphatic hydroxyl groups is 1. The minimum atomic E-state index is -0.518. The fourth-order valence-electron chi connectivity index (χ4n) is 3.28. The van der Waals surface area contributed by atoms with Gasteiger partial charge in [0.15, 0.2) is 11.5 Å². The van der Waals surface area contributed by atoms with E-state index in [-0.39, 0.29) is 0 Å². The largest absolute Gasteiger partial charge is 0.497 e. The van der Waals surface area contributed by atoms with E-state index in [4.69, 9.17) is 18.9 Å². The van der Waals surface area contributed by atoms with Gasteiger partial charge >= 0.3 is 0 Å². The Morgan fingerprint density at radius 3 is 2.84 bits per heavy atom. The van der Waals surface area contributed by atoms with Crippen LogP contribution in [-0.4, -0.2) is 49.7 Å². The quantitative estimate of drug-likeness (QED) is 0.508. The van der Waals surface area contributed by atoms with Gasteiger partial charge in [0.05, 0.1) is 18.7 Å². The maximum absolute atomic E-state index is 10.2. The van der Waals surface area contributed by atoms with Gasteiger partial charge in [0.1, 0.15) is 31.3 Å². The molecule has 2 N–H and O–H groups in total. The topological polar surface area (TPSA) is 82.1 Å². The molecule has 2 heterocycles.